The summed E-state index contributed by atoms with van der Waals surface area (Å²) in [7, 11) is 0. The highest BCUT2D eigenvalue weighted by molar-refractivity contribution is 5.67. The van der Waals surface area contributed by atoms with Crippen LogP contribution >= 0.6 is 0 Å². The zero-order valence-electron chi connectivity index (χ0n) is 12.2. The van der Waals surface area contributed by atoms with Crippen LogP contribution in [0, 0.1) is 0 Å². The number of aromatic nitrogens is 2. The van der Waals surface area contributed by atoms with Crippen LogP contribution in [0.25, 0.3) is 0 Å². The molecule has 23 heavy (non-hydrogen) atoms. The number of amides is 1. The van der Waals surface area contributed by atoms with Crippen molar-refractivity contribution in [3.05, 3.63) is 54.1 Å². The maximum Gasteiger partial charge on any atom is 0.449 e. The summed E-state index contributed by atoms with van der Waals surface area (Å²) < 4.78 is 43.8. The number of ether oxygens (including phenoxy) is 1. The molecule has 1 aromatic heterocycles. The molecule has 0 bridgehead atoms. The van der Waals surface area contributed by atoms with Gasteiger partial charge in [0, 0.05) is 25.5 Å². The maximum atomic E-state index is 12.6. The van der Waals surface area contributed by atoms with Crippen molar-refractivity contribution in [1.82, 2.24) is 14.9 Å². The van der Waals surface area contributed by atoms with E-state index in [1.54, 1.807) is 0 Å². The minimum Gasteiger partial charge on any atom is -0.445 e. The Morgan fingerprint density at radius 1 is 1.26 bits per heavy atom. The van der Waals surface area contributed by atoms with Gasteiger partial charge in [0.2, 0.25) is 5.82 Å². The van der Waals surface area contributed by atoms with Gasteiger partial charge in [0.1, 0.15) is 6.61 Å². The summed E-state index contributed by atoms with van der Waals surface area (Å²) in [6.07, 6.45) is -2.39. The number of aryl methyl sites for hydroxylation is 1. The first-order chi connectivity index (χ1) is 11.0. The Morgan fingerprint density at radius 3 is 2.70 bits per heavy atom. The molecule has 0 atom stereocenters. The maximum absolute atomic E-state index is 12.6. The smallest absolute Gasteiger partial charge is 0.445 e. The van der Waals surface area contributed by atoms with Gasteiger partial charge in [0.05, 0.1) is 0 Å². The fourth-order valence-corrected chi connectivity index (χ4v) is 1.96. The summed E-state index contributed by atoms with van der Waals surface area (Å²) in [5, 5.41) is 2.50. The monoisotopic (exact) mass is 327 g/mol. The van der Waals surface area contributed by atoms with E-state index in [9.17, 15) is 18.0 Å². The lowest BCUT2D eigenvalue weighted by atomic mass is 10.2. The van der Waals surface area contributed by atoms with Crippen LogP contribution in [0.15, 0.2) is 42.7 Å². The molecule has 1 amide bonds. The topological polar surface area (TPSA) is 56.2 Å². The van der Waals surface area contributed by atoms with Crippen LogP contribution in [-0.2, 0) is 24.1 Å². The molecule has 5 nitrogen and oxygen atoms in total. The van der Waals surface area contributed by atoms with Crippen LogP contribution in [-0.4, -0.2) is 22.2 Å². The molecule has 0 unspecified atom stereocenters. The summed E-state index contributed by atoms with van der Waals surface area (Å²) >= 11 is 0. The highest BCUT2D eigenvalue weighted by atomic mass is 19.4. The third kappa shape index (κ3) is 5.32. The number of nitrogens with one attached hydrogen (secondary N) is 1. The van der Waals surface area contributed by atoms with E-state index in [0.29, 0.717) is 6.42 Å². The normalized spacial score (nSPS) is 11.3. The molecular weight excluding hydrogens is 311 g/mol. The third-order valence-corrected chi connectivity index (χ3v) is 3.03. The van der Waals surface area contributed by atoms with Gasteiger partial charge in [0.15, 0.2) is 0 Å². The van der Waals surface area contributed by atoms with Gasteiger partial charge in [-0.15, -0.1) is 0 Å². The van der Waals surface area contributed by atoms with E-state index in [-0.39, 0.29) is 19.7 Å². The molecule has 0 aliphatic heterocycles. The zero-order valence-corrected chi connectivity index (χ0v) is 12.2. The summed E-state index contributed by atoms with van der Waals surface area (Å²) in [6.45, 7) is 0.462. The quantitative estimate of drug-likeness (QED) is 0.829. The molecule has 0 saturated heterocycles. The number of halogens is 3. The van der Waals surface area contributed by atoms with Gasteiger partial charge in [-0.25, -0.2) is 9.78 Å². The number of rotatable bonds is 6. The lowest BCUT2D eigenvalue weighted by Gasteiger charge is -2.11. The van der Waals surface area contributed by atoms with Gasteiger partial charge in [-0.2, -0.15) is 13.2 Å². The highest BCUT2D eigenvalue weighted by Gasteiger charge is 2.35. The first-order valence-electron chi connectivity index (χ1n) is 6.99. The standard InChI is InChI=1S/C15H16F3N3O2/c16-15(17,18)13-19-8-10-21(13)9-4-7-20-14(22)23-11-12-5-2-1-3-6-12/h1-3,5-6,8,10H,4,7,9,11H2,(H,20,22). The molecule has 0 fully saturated rings. The number of alkyl carbamates (subject to hydrolysis) is 1. The first-order valence-corrected chi connectivity index (χ1v) is 6.99. The SMILES string of the molecule is O=C(NCCCn1ccnc1C(F)(F)F)OCc1ccccc1. The molecule has 124 valence electrons. The fraction of sp³-hybridized carbons (Fsp3) is 0.333. The molecule has 1 N–H and O–H groups in total. The van der Waals surface area contributed by atoms with E-state index >= 15 is 0 Å². The van der Waals surface area contributed by atoms with Gasteiger partial charge in [-0.1, -0.05) is 30.3 Å². The van der Waals surface area contributed by atoms with E-state index in [4.69, 9.17) is 4.74 Å². The Hall–Kier alpha value is -2.51. The summed E-state index contributed by atoms with van der Waals surface area (Å²) in [5.74, 6) is -0.941. The van der Waals surface area contributed by atoms with Crippen LogP contribution in [0.3, 0.4) is 0 Å². The molecule has 0 spiro atoms. The number of nitrogens with zero attached hydrogens (tertiary/aromatic N) is 2. The van der Waals surface area contributed by atoms with Crippen molar-refractivity contribution >= 4 is 6.09 Å². The summed E-state index contributed by atoms with van der Waals surface area (Å²) in [4.78, 5) is 14.8. The van der Waals surface area contributed by atoms with E-state index in [2.05, 4.69) is 10.3 Å². The number of carbonyl (C=O) groups excluding carboxylic acids is 1. The third-order valence-electron chi connectivity index (χ3n) is 3.03. The molecular formula is C15H16F3N3O2. The number of hydrogen-bond acceptors (Lipinski definition) is 3. The van der Waals surface area contributed by atoms with Crippen LogP contribution in [0.2, 0.25) is 0 Å². The van der Waals surface area contributed by atoms with Crippen molar-refractivity contribution in [3.63, 3.8) is 0 Å². The van der Waals surface area contributed by atoms with E-state index in [1.807, 2.05) is 30.3 Å². The van der Waals surface area contributed by atoms with Crippen molar-refractivity contribution in [3.8, 4) is 0 Å². The minimum atomic E-state index is -4.48. The highest BCUT2D eigenvalue weighted by Crippen LogP contribution is 2.27. The van der Waals surface area contributed by atoms with Gasteiger partial charge in [-0.05, 0) is 12.0 Å². The van der Waals surface area contributed by atoms with E-state index in [0.717, 1.165) is 16.3 Å². The Balaban J connectivity index is 1.67. The van der Waals surface area contributed by atoms with Crippen LogP contribution in [0.5, 0.6) is 0 Å². The van der Waals surface area contributed by atoms with E-state index < -0.39 is 18.1 Å². The molecule has 2 aromatic rings. The van der Waals surface area contributed by atoms with Crippen molar-refractivity contribution in [1.29, 1.82) is 0 Å². The van der Waals surface area contributed by atoms with Crippen LogP contribution in [0.1, 0.15) is 17.8 Å². The molecule has 0 saturated carbocycles. The number of alkyl halides is 3. The number of imidazole rings is 1. The Kier molecular flexibility index (Phi) is 5.61. The van der Waals surface area contributed by atoms with Gasteiger partial charge < -0.3 is 14.6 Å². The lowest BCUT2D eigenvalue weighted by Crippen LogP contribution is -2.26. The first kappa shape index (κ1) is 16.9. The number of hydrogen-bond donors (Lipinski definition) is 1. The van der Waals surface area contributed by atoms with Crippen LogP contribution < -0.4 is 5.32 Å². The number of carbonyl (C=O) groups is 1. The fourth-order valence-electron chi connectivity index (χ4n) is 1.96. The molecule has 0 aliphatic carbocycles. The Bertz CT molecular complexity index is 626. The molecule has 8 heteroatoms. The summed E-state index contributed by atoms with van der Waals surface area (Å²) in [6, 6.07) is 9.17. The molecule has 1 heterocycles. The Morgan fingerprint density at radius 2 is 2.00 bits per heavy atom. The second kappa shape index (κ2) is 7.66. The zero-order chi connectivity index (χ0) is 16.7. The molecule has 1 aromatic carbocycles. The molecule has 0 aliphatic rings. The molecule has 0 radical (unpaired) electrons. The predicted molar refractivity (Wildman–Crippen MR) is 76.5 cm³/mol. The van der Waals surface area contributed by atoms with Gasteiger partial charge >= 0.3 is 12.3 Å². The largest absolute Gasteiger partial charge is 0.449 e. The van der Waals surface area contributed by atoms with Gasteiger partial charge in [-0.3, -0.25) is 0 Å². The van der Waals surface area contributed by atoms with Crippen molar-refractivity contribution < 1.29 is 22.7 Å². The summed E-state index contributed by atoms with van der Waals surface area (Å²) in [5.41, 5.74) is 0.857. The van der Waals surface area contributed by atoms with Crippen molar-refractivity contribution in [2.45, 2.75) is 25.7 Å². The van der Waals surface area contributed by atoms with Crippen molar-refractivity contribution in [2.75, 3.05) is 6.54 Å². The average Bonchev–Trinajstić information content (AvgIpc) is 2.99. The molecule has 2 rings (SSSR count). The lowest BCUT2D eigenvalue weighted by molar-refractivity contribution is -0.147. The van der Waals surface area contributed by atoms with Gasteiger partial charge in [0.25, 0.3) is 0 Å². The van der Waals surface area contributed by atoms with Crippen molar-refractivity contribution in [2.24, 2.45) is 0 Å². The Labute approximate surface area is 131 Å². The minimum absolute atomic E-state index is 0.105. The second-order valence-electron chi connectivity index (χ2n) is 4.78. The number of benzene rings is 1. The van der Waals surface area contributed by atoms with E-state index in [1.165, 1.54) is 6.20 Å². The second-order valence-corrected chi connectivity index (χ2v) is 4.78. The van der Waals surface area contributed by atoms with Crippen LogP contribution in [0.4, 0.5) is 18.0 Å². The predicted octanol–water partition coefficient (Wildman–Crippen LogP) is 3.22. The average molecular weight is 327 g/mol.